The molecule has 0 spiro atoms. The zero-order valence-corrected chi connectivity index (χ0v) is 14.9. The van der Waals surface area contributed by atoms with Crippen LogP contribution in [0.4, 0.5) is 5.69 Å². The number of benzene rings is 2. The predicted octanol–water partition coefficient (Wildman–Crippen LogP) is 4.63. The van der Waals surface area contributed by atoms with Gasteiger partial charge in [0, 0.05) is 17.1 Å². The number of carbonyl (C=O) groups excluding carboxylic acids is 1. The van der Waals surface area contributed by atoms with E-state index in [1.807, 2.05) is 44.2 Å². The summed E-state index contributed by atoms with van der Waals surface area (Å²) < 4.78 is 10.8. The highest BCUT2D eigenvalue weighted by Crippen LogP contribution is 2.28. The fourth-order valence-electron chi connectivity index (χ4n) is 2.36. The Labute approximate surface area is 147 Å². The zero-order chi connectivity index (χ0) is 17.5. The average Bonchev–Trinajstić information content (AvgIpc) is 2.58. The van der Waals surface area contributed by atoms with Crippen molar-refractivity contribution in [1.82, 2.24) is 0 Å². The van der Waals surface area contributed by atoms with Crippen LogP contribution in [0.25, 0.3) is 0 Å². The summed E-state index contributed by atoms with van der Waals surface area (Å²) in [7, 11) is 1.61. The fraction of sp³-hybridized carbons (Fsp3) is 0.316. The maximum atomic E-state index is 12.2. The van der Waals surface area contributed by atoms with Gasteiger partial charge < -0.3 is 14.8 Å². The van der Waals surface area contributed by atoms with Gasteiger partial charge in [0.2, 0.25) is 5.91 Å². The molecule has 0 aliphatic rings. The second-order valence-corrected chi connectivity index (χ2v) is 5.79. The molecule has 2 aromatic carbocycles. The van der Waals surface area contributed by atoms with Gasteiger partial charge in [-0.2, -0.15) is 0 Å². The van der Waals surface area contributed by atoms with Crippen LogP contribution >= 0.6 is 11.6 Å². The molecule has 0 aromatic heterocycles. The van der Waals surface area contributed by atoms with Crippen molar-refractivity contribution < 1.29 is 14.3 Å². The quantitative estimate of drug-likeness (QED) is 0.794. The molecular formula is C19H22ClNO3. The highest BCUT2D eigenvalue weighted by molar-refractivity contribution is 6.31. The Bertz CT molecular complexity index is 716. The minimum atomic E-state index is -0.0479. The molecule has 24 heavy (non-hydrogen) atoms. The topological polar surface area (TPSA) is 47.6 Å². The molecule has 0 aliphatic carbocycles. The summed E-state index contributed by atoms with van der Waals surface area (Å²) in [5.74, 6) is 1.34. The minimum Gasteiger partial charge on any atom is -0.493 e. The van der Waals surface area contributed by atoms with Gasteiger partial charge in [-0.05, 0) is 55.7 Å². The van der Waals surface area contributed by atoms with Crippen molar-refractivity contribution in [3.63, 3.8) is 0 Å². The molecule has 5 heteroatoms. The molecule has 0 saturated heterocycles. The van der Waals surface area contributed by atoms with Gasteiger partial charge in [0.15, 0.2) is 11.5 Å². The molecule has 128 valence electrons. The molecule has 0 aliphatic heterocycles. The highest BCUT2D eigenvalue weighted by atomic mass is 35.5. The number of rotatable bonds is 7. The second kappa shape index (κ2) is 8.60. The van der Waals surface area contributed by atoms with E-state index in [9.17, 15) is 4.79 Å². The number of ether oxygens (including phenoxy) is 2. The lowest BCUT2D eigenvalue weighted by molar-refractivity contribution is -0.116. The molecule has 0 atom stereocenters. The number of anilines is 1. The van der Waals surface area contributed by atoms with Crippen LogP contribution in [0.3, 0.4) is 0 Å². The normalized spacial score (nSPS) is 10.3. The first-order valence-electron chi connectivity index (χ1n) is 7.89. The molecule has 0 fully saturated rings. The Hall–Kier alpha value is -2.20. The smallest absolute Gasteiger partial charge is 0.224 e. The van der Waals surface area contributed by atoms with E-state index < -0.39 is 0 Å². The van der Waals surface area contributed by atoms with Crippen molar-refractivity contribution >= 4 is 23.2 Å². The largest absolute Gasteiger partial charge is 0.493 e. The van der Waals surface area contributed by atoms with Gasteiger partial charge in [-0.25, -0.2) is 0 Å². The van der Waals surface area contributed by atoms with Crippen molar-refractivity contribution in [3.8, 4) is 11.5 Å². The maximum Gasteiger partial charge on any atom is 0.224 e. The Morgan fingerprint density at radius 3 is 2.71 bits per heavy atom. The van der Waals surface area contributed by atoms with E-state index in [4.69, 9.17) is 21.1 Å². The molecule has 1 amide bonds. The van der Waals surface area contributed by atoms with E-state index in [0.29, 0.717) is 36.0 Å². The summed E-state index contributed by atoms with van der Waals surface area (Å²) in [5.41, 5.74) is 2.64. The van der Waals surface area contributed by atoms with E-state index in [1.165, 1.54) is 0 Å². The number of hydrogen-bond acceptors (Lipinski definition) is 3. The van der Waals surface area contributed by atoms with Gasteiger partial charge in [0.05, 0.1) is 13.7 Å². The molecule has 0 heterocycles. The summed E-state index contributed by atoms with van der Waals surface area (Å²) in [4.78, 5) is 12.2. The number of methoxy groups -OCH3 is 1. The van der Waals surface area contributed by atoms with Crippen molar-refractivity contribution in [1.29, 1.82) is 0 Å². The number of aryl methyl sites for hydroxylation is 1. The van der Waals surface area contributed by atoms with Gasteiger partial charge in [0.1, 0.15) is 0 Å². The van der Waals surface area contributed by atoms with E-state index in [0.717, 1.165) is 16.8 Å². The first-order valence-corrected chi connectivity index (χ1v) is 8.27. The number of amides is 1. The molecule has 1 N–H and O–H groups in total. The summed E-state index contributed by atoms with van der Waals surface area (Å²) in [6.07, 6.45) is 0.997. The van der Waals surface area contributed by atoms with Crippen molar-refractivity contribution in [3.05, 3.63) is 52.5 Å². The Morgan fingerprint density at radius 2 is 2.00 bits per heavy atom. The van der Waals surface area contributed by atoms with Crippen LogP contribution in [0.2, 0.25) is 5.02 Å². The van der Waals surface area contributed by atoms with E-state index in [1.54, 1.807) is 13.2 Å². The van der Waals surface area contributed by atoms with Crippen LogP contribution in [-0.4, -0.2) is 19.6 Å². The van der Waals surface area contributed by atoms with Crippen LogP contribution in [0, 0.1) is 6.92 Å². The fourth-order valence-corrected chi connectivity index (χ4v) is 2.53. The van der Waals surface area contributed by atoms with Crippen molar-refractivity contribution in [2.24, 2.45) is 0 Å². The van der Waals surface area contributed by atoms with Crippen LogP contribution < -0.4 is 14.8 Å². The summed E-state index contributed by atoms with van der Waals surface area (Å²) in [6.45, 7) is 4.39. The molecule has 2 aromatic rings. The Kier molecular flexibility index (Phi) is 6.50. The standard InChI is InChI=1S/C19H22ClNO3/c1-4-24-17-10-8-14(12-18(17)23-3)9-11-19(22)21-16-7-5-6-15(20)13(16)2/h5-8,10,12H,4,9,11H2,1-3H3,(H,21,22). The van der Waals surface area contributed by atoms with Crippen LogP contribution in [0.1, 0.15) is 24.5 Å². The predicted molar refractivity (Wildman–Crippen MR) is 97.3 cm³/mol. The third-order valence-electron chi connectivity index (χ3n) is 3.71. The van der Waals surface area contributed by atoms with Crippen molar-refractivity contribution in [2.45, 2.75) is 26.7 Å². The lowest BCUT2D eigenvalue weighted by Gasteiger charge is -2.12. The lowest BCUT2D eigenvalue weighted by Crippen LogP contribution is -2.13. The summed E-state index contributed by atoms with van der Waals surface area (Å²) >= 11 is 6.07. The SMILES string of the molecule is CCOc1ccc(CCC(=O)Nc2cccc(Cl)c2C)cc1OC. The Balaban J connectivity index is 1.97. The van der Waals surface area contributed by atoms with Crippen LogP contribution in [0.5, 0.6) is 11.5 Å². The van der Waals surface area contributed by atoms with E-state index in [-0.39, 0.29) is 5.91 Å². The third kappa shape index (κ3) is 4.65. The number of carbonyl (C=O) groups is 1. The first kappa shape index (κ1) is 18.1. The van der Waals surface area contributed by atoms with Crippen molar-refractivity contribution in [2.75, 3.05) is 19.0 Å². The monoisotopic (exact) mass is 347 g/mol. The molecule has 0 radical (unpaired) electrons. The molecule has 0 bridgehead atoms. The highest BCUT2D eigenvalue weighted by Gasteiger charge is 2.09. The van der Waals surface area contributed by atoms with E-state index >= 15 is 0 Å². The summed E-state index contributed by atoms with van der Waals surface area (Å²) in [6, 6.07) is 11.2. The Morgan fingerprint density at radius 1 is 1.21 bits per heavy atom. The molecule has 0 unspecified atom stereocenters. The minimum absolute atomic E-state index is 0.0479. The van der Waals surface area contributed by atoms with Gasteiger partial charge in [-0.3, -0.25) is 4.79 Å². The number of nitrogens with one attached hydrogen (secondary N) is 1. The maximum absolute atomic E-state index is 12.2. The lowest BCUT2D eigenvalue weighted by atomic mass is 10.1. The molecule has 2 rings (SSSR count). The van der Waals surface area contributed by atoms with E-state index in [2.05, 4.69) is 5.32 Å². The molecular weight excluding hydrogens is 326 g/mol. The molecule has 0 saturated carbocycles. The first-order chi connectivity index (χ1) is 11.5. The number of halogens is 1. The summed E-state index contributed by atoms with van der Waals surface area (Å²) in [5, 5.41) is 3.54. The average molecular weight is 348 g/mol. The second-order valence-electron chi connectivity index (χ2n) is 5.38. The molecule has 4 nitrogen and oxygen atoms in total. The van der Waals surface area contributed by atoms with Gasteiger partial charge >= 0.3 is 0 Å². The van der Waals surface area contributed by atoms with Crippen LogP contribution in [-0.2, 0) is 11.2 Å². The number of hydrogen-bond donors (Lipinski definition) is 1. The van der Waals surface area contributed by atoms with Gasteiger partial charge in [-0.1, -0.05) is 23.7 Å². The zero-order valence-electron chi connectivity index (χ0n) is 14.2. The third-order valence-corrected chi connectivity index (χ3v) is 4.12. The van der Waals surface area contributed by atoms with Crippen LogP contribution in [0.15, 0.2) is 36.4 Å². The van der Waals surface area contributed by atoms with Gasteiger partial charge in [-0.15, -0.1) is 0 Å². The van der Waals surface area contributed by atoms with Gasteiger partial charge in [0.25, 0.3) is 0 Å².